The lowest BCUT2D eigenvalue weighted by Gasteiger charge is -2.18. The number of carbonyl (C=O) groups is 1. The monoisotopic (exact) mass is 249 g/mol. The number of fused-ring (bicyclic) bond motifs is 1. The van der Waals surface area contributed by atoms with E-state index in [9.17, 15) is 4.79 Å². The zero-order valence-electron chi connectivity index (χ0n) is 9.87. The highest BCUT2D eigenvalue weighted by molar-refractivity contribution is 6.30. The standard InChI is InChI=1S/C14H16ClNO/c1-2-12(9-3-5-11(15)6-4-9)16-13(17)14-7-10(14)8-14/h3-6,10,12H,2,7-8H2,1H3,(H,16,17). The van der Waals surface area contributed by atoms with Crippen LogP contribution in [0.4, 0.5) is 0 Å². The maximum atomic E-state index is 12.0. The van der Waals surface area contributed by atoms with Gasteiger partial charge in [-0.3, -0.25) is 4.79 Å². The molecule has 2 aliphatic carbocycles. The van der Waals surface area contributed by atoms with E-state index in [0.717, 1.165) is 29.8 Å². The second-order valence-electron chi connectivity index (χ2n) is 5.25. The summed E-state index contributed by atoms with van der Waals surface area (Å²) in [5, 5.41) is 3.90. The summed E-state index contributed by atoms with van der Waals surface area (Å²) < 4.78 is 0. The number of amides is 1. The second-order valence-corrected chi connectivity index (χ2v) is 5.68. The highest BCUT2D eigenvalue weighted by Crippen LogP contribution is 2.75. The van der Waals surface area contributed by atoms with Gasteiger partial charge in [-0.1, -0.05) is 30.7 Å². The third-order valence-electron chi connectivity index (χ3n) is 4.12. The third kappa shape index (κ3) is 1.85. The number of hydrogen-bond acceptors (Lipinski definition) is 1. The van der Waals surface area contributed by atoms with Gasteiger partial charge in [0.05, 0.1) is 11.5 Å². The maximum Gasteiger partial charge on any atom is 0.227 e. The zero-order chi connectivity index (χ0) is 12.0. The molecule has 2 fully saturated rings. The summed E-state index contributed by atoms with van der Waals surface area (Å²) >= 11 is 5.87. The summed E-state index contributed by atoms with van der Waals surface area (Å²) in [4.78, 5) is 12.0. The molecule has 1 atom stereocenters. The number of nitrogens with one attached hydrogen (secondary N) is 1. The molecular weight excluding hydrogens is 234 g/mol. The van der Waals surface area contributed by atoms with Gasteiger partial charge in [-0.15, -0.1) is 0 Å². The first-order valence-corrected chi connectivity index (χ1v) is 6.60. The molecule has 0 radical (unpaired) electrons. The topological polar surface area (TPSA) is 29.1 Å². The van der Waals surface area contributed by atoms with Crippen LogP contribution in [0.1, 0.15) is 37.8 Å². The van der Waals surface area contributed by atoms with Crippen molar-refractivity contribution in [3.05, 3.63) is 34.9 Å². The molecular formula is C14H16ClNO. The summed E-state index contributed by atoms with van der Waals surface area (Å²) in [6, 6.07) is 7.86. The van der Waals surface area contributed by atoms with Crippen molar-refractivity contribution in [2.24, 2.45) is 11.3 Å². The SMILES string of the molecule is CCC(NC(=O)C12CC1C2)c1ccc(Cl)cc1. The van der Waals surface area contributed by atoms with Gasteiger partial charge in [0.15, 0.2) is 0 Å². The fraction of sp³-hybridized carbons (Fsp3) is 0.500. The molecule has 1 aromatic carbocycles. The minimum absolute atomic E-state index is 0.0554. The van der Waals surface area contributed by atoms with E-state index in [2.05, 4.69) is 12.2 Å². The molecule has 17 heavy (non-hydrogen) atoms. The molecule has 3 rings (SSSR count). The smallest absolute Gasteiger partial charge is 0.227 e. The normalized spacial score (nSPS) is 30.4. The van der Waals surface area contributed by atoms with Crippen molar-refractivity contribution < 1.29 is 4.79 Å². The van der Waals surface area contributed by atoms with E-state index in [1.807, 2.05) is 24.3 Å². The molecule has 2 aliphatic rings. The lowest BCUT2D eigenvalue weighted by atomic mass is 10.0. The van der Waals surface area contributed by atoms with Crippen LogP contribution in [0.2, 0.25) is 5.02 Å². The third-order valence-corrected chi connectivity index (χ3v) is 4.37. The van der Waals surface area contributed by atoms with Crippen molar-refractivity contribution in [1.29, 1.82) is 0 Å². The summed E-state index contributed by atoms with van der Waals surface area (Å²) in [6.07, 6.45) is 3.12. The minimum Gasteiger partial charge on any atom is -0.349 e. The molecule has 0 saturated heterocycles. The first kappa shape index (κ1) is 11.1. The Balaban J connectivity index is 1.70. The molecule has 0 heterocycles. The van der Waals surface area contributed by atoms with E-state index in [4.69, 9.17) is 11.6 Å². The molecule has 1 aromatic rings. The predicted molar refractivity (Wildman–Crippen MR) is 67.8 cm³/mol. The van der Waals surface area contributed by atoms with Crippen LogP contribution in [0, 0.1) is 11.3 Å². The second kappa shape index (κ2) is 3.74. The molecule has 2 nitrogen and oxygen atoms in total. The molecule has 3 heteroatoms. The van der Waals surface area contributed by atoms with Crippen LogP contribution in [-0.2, 0) is 4.79 Å². The molecule has 90 valence electrons. The summed E-state index contributed by atoms with van der Waals surface area (Å²) in [7, 11) is 0. The van der Waals surface area contributed by atoms with Gasteiger partial charge in [-0.2, -0.15) is 0 Å². The maximum absolute atomic E-state index is 12.0. The number of hydrogen-bond donors (Lipinski definition) is 1. The number of halogens is 1. The summed E-state index contributed by atoms with van der Waals surface area (Å²) in [5.41, 5.74) is 1.19. The van der Waals surface area contributed by atoms with Crippen molar-refractivity contribution >= 4 is 17.5 Å². The summed E-state index contributed by atoms with van der Waals surface area (Å²) in [6.45, 7) is 2.09. The quantitative estimate of drug-likeness (QED) is 0.872. The first-order chi connectivity index (χ1) is 8.15. The van der Waals surface area contributed by atoms with Crippen molar-refractivity contribution in [1.82, 2.24) is 5.32 Å². The van der Waals surface area contributed by atoms with E-state index in [1.54, 1.807) is 0 Å². The average Bonchev–Trinajstić information content (AvgIpc) is 3.15. The van der Waals surface area contributed by atoms with Gasteiger partial charge < -0.3 is 5.32 Å². The van der Waals surface area contributed by atoms with Crippen LogP contribution in [0.15, 0.2) is 24.3 Å². The van der Waals surface area contributed by atoms with Crippen molar-refractivity contribution in [3.63, 3.8) is 0 Å². The van der Waals surface area contributed by atoms with Gasteiger partial charge in [-0.05, 0) is 42.9 Å². The lowest BCUT2D eigenvalue weighted by Crippen LogP contribution is -2.31. The van der Waals surface area contributed by atoms with Crippen LogP contribution in [0.3, 0.4) is 0 Å². The van der Waals surface area contributed by atoms with Crippen LogP contribution in [0.25, 0.3) is 0 Å². The highest BCUT2D eigenvalue weighted by atomic mass is 35.5. The van der Waals surface area contributed by atoms with Gasteiger partial charge in [0.1, 0.15) is 0 Å². The average molecular weight is 250 g/mol. The summed E-state index contributed by atoms with van der Waals surface area (Å²) in [5.74, 6) is 0.953. The Morgan fingerprint density at radius 2 is 2.06 bits per heavy atom. The number of rotatable bonds is 4. The number of benzene rings is 1. The Morgan fingerprint density at radius 3 is 2.53 bits per heavy atom. The van der Waals surface area contributed by atoms with Gasteiger partial charge >= 0.3 is 0 Å². The molecule has 1 amide bonds. The highest BCUT2D eigenvalue weighted by Gasteiger charge is 2.74. The molecule has 0 aliphatic heterocycles. The van der Waals surface area contributed by atoms with Gasteiger partial charge in [0, 0.05) is 5.02 Å². The Kier molecular flexibility index (Phi) is 2.44. The molecule has 0 spiro atoms. The first-order valence-electron chi connectivity index (χ1n) is 6.22. The van der Waals surface area contributed by atoms with Gasteiger partial charge in [-0.25, -0.2) is 0 Å². The Bertz CT molecular complexity index is 448. The Hall–Kier alpha value is -1.02. The van der Waals surface area contributed by atoms with Crippen LogP contribution >= 0.6 is 11.6 Å². The van der Waals surface area contributed by atoms with Crippen molar-refractivity contribution in [3.8, 4) is 0 Å². The Morgan fingerprint density at radius 1 is 1.47 bits per heavy atom. The van der Waals surface area contributed by atoms with Crippen LogP contribution in [-0.4, -0.2) is 5.91 Å². The molecule has 1 N–H and O–H groups in total. The van der Waals surface area contributed by atoms with E-state index >= 15 is 0 Å². The largest absolute Gasteiger partial charge is 0.349 e. The van der Waals surface area contributed by atoms with Crippen LogP contribution in [0.5, 0.6) is 0 Å². The molecule has 1 unspecified atom stereocenters. The zero-order valence-corrected chi connectivity index (χ0v) is 10.6. The van der Waals surface area contributed by atoms with E-state index in [-0.39, 0.29) is 17.4 Å². The van der Waals surface area contributed by atoms with Crippen molar-refractivity contribution in [2.75, 3.05) is 0 Å². The molecule has 0 bridgehead atoms. The van der Waals surface area contributed by atoms with Gasteiger partial charge in [0.25, 0.3) is 0 Å². The lowest BCUT2D eigenvalue weighted by molar-refractivity contribution is -0.125. The predicted octanol–water partition coefficient (Wildman–Crippen LogP) is 3.32. The van der Waals surface area contributed by atoms with Gasteiger partial charge in [0.2, 0.25) is 5.91 Å². The fourth-order valence-corrected chi connectivity index (χ4v) is 2.62. The van der Waals surface area contributed by atoms with Crippen LogP contribution < -0.4 is 5.32 Å². The molecule has 2 saturated carbocycles. The van der Waals surface area contributed by atoms with Crippen molar-refractivity contribution in [2.45, 2.75) is 32.2 Å². The Labute approximate surface area is 106 Å². The van der Waals surface area contributed by atoms with E-state index in [0.29, 0.717) is 5.92 Å². The minimum atomic E-state index is 0.0554. The van der Waals surface area contributed by atoms with E-state index < -0.39 is 0 Å². The fourth-order valence-electron chi connectivity index (χ4n) is 2.49. The van der Waals surface area contributed by atoms with E-state index in [1.165, 1.54) is 0 Å². The molecule has 0 aromatic heterocycles. The number of carbonyl (C=O) groups excluding carboxylic acids is 1.